The van der Waals surface area contributed by atoms with Gasteiger partial charge in [0.25, 0.3) is 5.56 Å². The van der Waals surface area contributed by atoms with Gasteiger partial charge in [0.15, 0.2) is 11.2 Å². The molecule has 0 spiro atoms. The first kappa shape index (κ1) is 25.9. The first-order valence-corrected chi connectivity index (χ1v) is 13.5. The van der Waals surface area contributed by atoms with Crippen molar-refractivity contribution >= 4 is 0 Å². The third-order valence-corrected chi connectivity index (χ3v) is 8.36. The topological polar surface area (TPSA) is 103 Å². The van der Waals surface area contributed by atoms with Crippen LogP contribution in [0.3, 0.4) is 0 Å². The first-order chi connectivity index (χ1) is 20.5. The van der Waals surface area contributed by atoms with Gasteiger partial charge in [0.2, 0.25) is 0 Å². The molecule has 3 atom stereocenters. The molecule has 7 rings (SSSR count). The molecule has 2 heterocycles. The number of methoxy groups -OCH3 is 3. The Bertz CT molecular complexity index is 1860. The molecule has 0 bridgehead atoms. The van der Waals surface area contributed by atoms with Crippen molar-refractivity contribution in [3.63, 3.8) is 0 Å². The highest BCUT2D eigenvalue weighted by Crippen LogP contribution is 2.69. The number of nitrogens with zero attached hydrogens (tertiary/aromatic N) is 1. The predicted octanol–water partition coefficient (Wildman–Crippen LogP) is 5.13. The Morgan fingerprint density at radius 2 is 1.50 bits per heavy atom. The molecule has 8 nitrogen and oxygen atoms in total. The lowest BCUT2D eigenvalue weighted by atomic mass is 9.70. The van der Waals surface area contributed by atoms with E-state index in [1.807, 2.05) is 84.9 Å². The number of H-pyrrole nitrogens is 1. The van der Waals surface area contributed by atoms with Crippen molar-refractivity contribution in [2.75, 3.05) is 21.3 Å². The number of ether oxygens (including phenoxy) is 4. The second-order valence-corrected chi connectivity index (χ2v) is 10.4. The van der Waals surface area contributed by atoms with Crippen LogP contribution in [0.2, 0.25) is 0 Å². The van der Waals surface area contributed by atoms with Crippen molar-refractivity contribution < 1.29 is 24.1 Å². The van der Waals surface area contributed by atoms with Crippen LogP contribution in [0, 0.1) is 0 Å². The minimum absolute atomic E-state index is 0.206. The van der Waals surface area contributed by atoms with E-state index in [0.717, 1.165) is 5.56 Å². The molecule has 210 valence electrons. The fourth-order valence-corrected chi connectivity index (χ4v) is 6.56. The van der Waals surface area contributed by atoms with E-state index in [4.69, 9.17) is 23.9 Å². The number of fused-ring (bicyclic) bond motifs is 5. The Kier molecular flexibility index (Phi) is 5.85. The smallest absolute Gasteiger partial charge is 0.255 e. The largest absolute Gasteiger partial charge is 0.497 e. The van der Waals surface area contributed by atoms with Gasteiger partial charge in [-0.05, 0) is 17.7 Å². The highest BCUT2D eigenvalue weighted by atomic mass is 16.5. The molecule has 0 unspecified atom stereocenters. The zero-order chi connectivity index (χ0) is 29.1. The van der Waals surface area contributed by atoms with Crippen molar-refractivity contribution in [2.24, 2.45) is 0 Å². The number of rotatable bonds is 6. The summed E-state index contributed by atoms with van der Waals surface area (Å²) in [5.41, 5.74) is -0.818. The molecule has 0 amide bonds. The normalized spacial score (nSPS) is 21.6. The molecule has 0 fully saturated rings. The monoisotopic (exact) mass is 560 g/mol. The second kappa shape index (κ2) is 9.49. The molecule has 0 radical (unpaired) electrons. The molecule has 5 aromatic rings. The molecule has 4 aromatic carbocycles. The summed E-state index contributed by atoms with van der Waals surface area (Å²) in [5.74, 6) is 1.45. The van der Waals surface area contributed by atoms with E-state index in [1.54, 1.807) is 26.4 Å². The van der Waals surface area contributed by atoms with E-state index in [1.165, 1.54) is 7.11 Å². The van der Waals surface area contributed by atoms with Gasteiger partial charge in [-0.3, -0.25) is 4.79 Å². The number of aromatic amines is 1. The summed E-state index contributed by atoms with van der Waals surface area (Å²) in [6.07, 6.45) is 0. The lowest BCUT2D eigenvalue weighted by Crippen LogP contribution is -2.49. The summed E-state index contributed by atoms with van der Waals surface area (Å²) >= 11 is 0. The van der Waals surface area contributed by atoms with Crippen molar-refractivity contribution in [2.45, 2.75) is 17.1 Å². The van der Waals surface area contributed by atoms with Crippen LogP contribution in [0.4, 0.5) is 0 Å². The van der Waals surface area contributed by atoms with Crippen molar-refractivity contribution in [3.05, 3.63) is 135 Å². The molecular formula is C34H28N2O6. The summed E-state index contributed by atoms with van der Waals surface area (Å²) in [4.78, 5) is 22.2. The minimum atomic E-state index is -1.94. The van der Waals surface area contributed by atoms with Crippen LogP contribution in [0.1, 0.15) is 33.9 Å². The molecule has 2 N–H and O–H groups in total. The van der Waals surface area contributed by atoms with Crippen molar-refractivity contribution in [1.29, 1.82) is 0 Å². The fraction of sp³-hybridized carbons (Fsp3) is 0.176. The standard InChI is InChI=1S/C34H28N2O6/c1-39-23-16-14-22(15-17-23)34-28(20-10-6-4-7-11-20)27-30(35-31(36-32(27)37)21-12-8-5-9-13-21)33(34,38)29-25(41-3)18-24(40-2)19-26(29)42-34/h4-19,28,38H,1-3H3,(H,35,36,37)/t28-,33-,34-/m0/s1. The van der Waals surface area contributed by atoms with Crippen molar-refractivity contribution in [3.8, 4) is 34.4 Å². The maximum atomic E-state index is 14.2. The highest BCUT2D eigenvalue weighted by Gasteiger charge is 2.73. The number of benzene rings is 4. The van der Waals surface area contributed by atoms with E-state index in [0.29, 0.717) is 51.1 Å². The van der Waals surface area contributed by atoms with Gasteiger partial charge in [0.1, 0.15) is 28.8 Å². The van der Waals surface area contributed by atoms with Crippen LogP contribution in [-0.4, -0.2) is 36.4 Å². The molecule has 0 saturated heterocycles. The fourth-order valence-electron chi connectivity index (χ4n) is 6.56. The van der Waals surface area contributed by atoms with Gasteiger partial charge in [0, 0.05) is 23.3 Å². The van der Waals surface area contributed by atoms with E-state index < -0.39 is 17.1 Å². The summed E-state index contributed by atoms with van der Waals surface area (Å²) in [6, 6.07) is 29.7. The Hall–Kier alpha value is -5.08. The predicted molar refractivity (Wildman–Crippen MR) is 156 cm³/mol. The maximum Gasteiger partial charge on any atom is 0.255 e. The van der Waals surface area contributed by atoms with E-state index >= 15 is 0 Å². The Labute approximate surface area is 242 Å². The van der Waals surface area contributed by atoms with Gasteiger partial charge in [-0.1, -0.05) is 72.8 Å². The molecule has 1 aliphatic carbocycles. The van der Waals surface area contributed by atoms with Crippen LogP contribution < -0.4 is 24.5 Å². The van der Waals surface area contributed by atoms with Crippen LogP contribution in [0.25, 0.3) is 11.4 Å². The van der Waals surface area contributed by atoms with E-state index in [9.17, 15) is 9.90 Å². The number of nitrogens with one attached hydrogen (secondary N) is 1. The number of hydrogen-bond acceptors (Lipinski definition) is 7. The molecule has 1 aliphatic heterocycles. The summed E-state index contributed by atoms with van der Waals surface area (Å²) in [7, 11) is 4.67. The van der Waals surface area contributed by atoms with E-state index in [2.05, 4.69) is 4.98 Å². The molecule has 42 heavy (non-hydrogen) atoms. The molecule has 1 aromatic heterocycles. The first-order valence-electron chi connectivity index (χ1n) is 13.5. The molecule has 0 saturated carbocycles. The number of aliphatic hydroxyl groups is 1. The quantitative estimate of drug-likeness (QED) is 0.297. The number of hydrogen-bond donors (Lipinski definition) is 2. The number of aromatic nitrogens is 2. The summed E-state index contributed by atoms with van der Waals surface area (Å²) in [5, 5.41) is 13.4. The maximum absolute atomic E-state index is 14.2. The van der Waals surface area contributed by atoms with E-state index in [-0.39, 0.29) is 11.3 Å². The Morgan fingerprint density at radius 3 is 2.14 bits per heavy atom. The zero-order valence-electron chi connectivity index (χ0n) is 23.3. The molecular weight excluding hydrogens is 532 g/mol. The van der Waals surface area contributed by atoms with Gasteiger partial charge in [-0.15, -0.1) is 0 Å². The highest BCUT2D eigenvalue weighted by molar-refractivity contribution is 5.69. The summed E-state index contributed by atoms with van der Waals surface area (Å²) < 4.78 is 23.8. The van der Waals surface area contributed by atoms with Gasteiger partial charge in [-0.2, -0.15) is 0 Å². The van der Waals surface area contributed by atoms with Crippen LogP contribution in [0.15, 0.2) is 102 Å². The van der Waals surface area contributed by atoms with Crippen LogP contribution >= 0.6 is 0 Å². The zero-order valence-corrected chi connectivity index (χ0v) is 23.3. The molecule has 2 aliphatic rings. The minimum Gasteiger partial charge on any atom is -0.497 e. The Balaban J connectivity index is 1.64. The third kappa shape index (κ3) is 3.39. The Morgan fingerprint density at radius 1 is 0.833 bits per heavy atom. The second-order valence-electron chi connectivity index (χ2n) is 10.4. The van der Waals surface area contributed by atoms with Crippen LogP contribution in [0.5, 0.6) is 23.0 Å². The average Bonchev–Trinajstić information content (AvgIpc) is 3.44. The van der Waals surface area contributed by atoms with Gasteiger partial charge in [0.05, 0.1) is 44.1 Å². The van der Waals surface area contributed by atoms with Gasteiger partial charge < -0.3 is 29.0 Å². The lowest BCUT2D eigenvalue weighted by Gasteiger charge is -2.40. The van der Waals surface area contributed by atoms with Crippen LogP contribution in [-0.2, 0) is 11.2 Å². The third-order valence-electron chi connectivity index (χ3n) is 8.36. The summed E-state index contributed by atoms with van der Waals surface area (Å²) in [6.45, 7) is 0. The molecule has 8 heteroatoms. The lowest BCUT2D eigenvalue weighted by molar-refractivity contribution is -0.0909. The SMILES string of the molecule is COc1ccc([C@@]23Oc4cc(OC)cc(OC)c4[C@]2(O)c2nc(-c4ccccc4)[nH]c(=O)c2[C@@H]3c2ccccc2)cc1. The van der Waals surface area contributed by atoms with Crippen molar-refractivity contribution in [1.82, 2.24) is 9.97 Å². The van der Waals surface area contributed by atoms with Gasteiger partial charge in [-0.25, -0.2) is 4.98 Å². The average molecular weight is 561 g/mol. The van der Waals surface area contributed by atoms with Gasteiger partial charge >= 0.3 is 0 Å².